The van der Waals surface area contributed by atoms with Gasteiger partial charge in [-0.2, -0.15) is 0 Å². The Morgan fingerprint density at radius 3 is 1.92 bits per heavy atom. The van der Waals surface area contributed by atoms with E-state index in [0.29, 0.717) is 30.4 Å². The SMILES string of the molecule is COC(=O)[C@@H]1Cc2ccc(OC(=O)OC(C)(C)C)c(c2)-c2cc(ccc2OCCCNC(=O)OC(C)(C)C)[C@H](N(C)C(=O)[C@@H](N)CCCCNC(=O)OC(C)(C)C)C(=O)N[C@@H](C)C(=O)N1. The van der Waals surface area contributed by atoms with Crippen molar-refractivity contribution >= 4 is 42.0 Å². The molecule has 1 aliphatic heterocycles. The molecule has 1 heterocycles. The Morgan fingerprint density at radius 2 is 1.34 bits per heavy atom. The molecule has 0 fully saturated rings. The number of alkyl carbamates (subject to hydrolysis) is 2. The molecule has 0 unspecified atom stereocenters. The summed E-state index contributed by atoms with van der Waals surface area (Å²) in [5.74, 6) is -2.53. The topological polar surface area (TPSA) is 252 Å². The van der Waals surface area contributed by atoms with E-state index in [2.05, 4.69) is 21.3 Å². The molecule has 1 aliphatic rings. The number of carbonyl (C=O) groups excluding carboxylic acids is 7. The summed E-state index contributed by atoms with van der Waals surface area (Å²) in [6.07, 6.45) is -0.753. The van der Waals surface area contributed by atoms with Gasteiger partial charge in [-0.1, -0.05) is 12.1 Å². The molecule has 4 bridgehead atoms. The van der Waals surface area contributed by atoms with Gasteiger partial charge in [0, 0.05) is 37.7 Å². The average Bonchev–Trinajstić information content (AvgIpc) is 3.18. The molecule has 3 rings (SSSR count). The quantitative estimate of drug-likeness (QED) is 0.0707. The van der Waals surface area contributed by atoms with Gasteiger partial charge in [0.1, 0.15) is 46.4 Å². The van der Waals surface area contributed by atoms with Gasteiger partial charge in [0.05, 0.1) is 19.8 Å². The standard InChI is InChI=1S/C46H68N6O13/c1-27-37(53)51-33(40(56)60-12)25-28-17-19-35(62-43(59)65-46(8,9)10)30(24-28)31-26-29(18-20-34(31)61-23-15-22-49-42(58)64-45(5,6)7)36(38(54)50-27)52(11)39(55)32(47)16-13-14-21-48-41(57)63-44(2,3)4/h17-20,24,26-27,32-33,36H,13-16,21-23,25,47H2,1-12H3,(H,48,57)(H,49,58)(H,50,54)(H,51,53)/t27-,32-,33-,36-/m0/s1. The number of benzene rings is 2. The number of likely N-dealkylation sites (N-methyl/N-ethyl adjacent to an activating group) is 1. The van der Waals surface area contributed by atoms with Crippen LogP contribution in [-0.4, -0.2) is 116 Å². The summed E-state index contributed by atoms with van der Waals surface area (Å²) in [6, 6.07) is 4.68. The number of hydrogen-bond acceptors (Lipinski definition) is 14. The largest absolute Gasteiger partial charge is 0.514 e. The van der Waals surface area contributed by atoms with E-state index in [0.717, 1.165) is 0 Å². The second kappa shape index (κ2) is 23.2. The van der Waals surface area contributed by atoms with Crippen LogP contribution in [0.25, 0.3) is 11.1 Å². The van der Waals surface area contributed by atoms with Gasteiger partial charge in [-0.3, -0.25) is 14.4 Å². The van der Waals surface area contributed by atoms with Gasteiger partial charge in [0.25, 0.3) is 0 Å². The molecular weight excluding hydrogens is 845 g/mol. The van der Waals surface area contributed by atoms with Gasteiger partial charge in [0.15, 0.2) is 0 Å². The van der Waals surface area contributed by atoms with Crippen molar-refractivity contribution in [2.45, 2.75) is 142 Å². The van der Waals surface area contributed by atoms with Crippen molar-refractivity contribution in [1.29, 1.82) is 0 Å². The lowest BCUT2D eigenvalue weighted by Crippen LogP contribution is -2.54. The Hall–Kier alpha value is -6.11. The fraction of sp³-hybridized carbons (Fsp3) is 0.587. The maximum absolute atomic E-state index is 14.4. The maximum Gasteiger partial charge on any atom is 0.514 e. The molecule has 360 valence electrons. The minimum absolute atomic E-state index is 0.0181. The second-order valence-electron chi connectivity index (χ2n) is 18.7. The molecule has 4 atom stereocenters. The highest BCUT2D eigenvalue weighted by Crippen LogP contribution is 2.40. The minimum atomic E-state index is -1.39. The Kier molecular flexibility index (Phi) is 19.0. The van der Waals surface area contributed by atoms with Gasteiger partial charge < -0.3 is 60.3 Å². The molecule has 19 heteroatoms. The summed E-state index contributed by atoms with van der Waals surface area (Å²) >= 11 is 0. The summed E-state index contributed by atoms with van der Waals surface area (Å²) in [5.41, 5.74) is 5.53. The van der Waals surface area contributed by atoms with Crippen molar-refractivity contribution in [1.82, 2.24) is 26.2 Å². The third-order valence-electron chi connectivity index (χ3n) is 9.39. The summed E-state index contributed by atoms with van der Waals surface area (Å²) in [6.45, 7) is 17.6. The van der Waals surface area contributed by atoms with Gasteiger partial charge >= 0.3 is 24.3 Å². The van der Waals surface area contributed by atoms with Crippen molar-refractivity contribution in [3.63, 3.8) is 0 Å². The van der Waals surface area contributed by atoms with E-state index in [1.54, 1.807) is 92.6 Å². The normalized spacial score (nSPS) is 17.2. The molecule has 5 amide bonds. The number of rotatable bonds is 14. The van der Waals surface area contributed by atoms with Crippen LogP contribution in [0.2, 0.25) is 0 Å². The number of fused-ring (bicyclic) bond motifs is 5. The highest BCUT2D eigenvalue weighted by atomic mass is 16.7. The first kappa shape index (κ1) is 53.2. The van der Waals surface area contributed by atoms with Gasteiger partial charge in [-0.15, -0.1) is 0 Å². The highest BCUT2D eigenvalue weighted by molar-refractivity contribution is 5.95. The van der Waals surface area contributed by atoms with Crippen LogP contribution in [0.5, 0.6) is 11.5 Å². The number of carbonyl (C=O) groups is 7. The summed E-state index contributed by atoms with van der Waals surface area (Å²) in [7, 11) is 2.59. The number of methoxy groups -OCH3 is 1. The van der Waals surface area contributed by atoms with Crippen LogP contribution in [0.1, 0.15) is 112 Å². The molecule has 2 aromatic carbocycles. The molecule has 19 nitrogen and oxygen atoms in total. The van der Waals surface area contributed by atoms with Crippen molar-refractivity contribution in [2.75, 3.05) is 33.9 Å². The van der Waals surface area contributed by atoms with Gasteiger partial charge in [-0.05, 0) is 130 Å². The van der Waals surface area contributed by atoms with Crippen molar-refractivity contribution in [3.05, 3.63) is 47.5 Å². The summed E-state index contributed by atoms with van der Waals surface area (Å²) in [5, 5.41) is 10.7. The molecule has 0 saturated heterocycles. The van der Waals surface area contributed by atoms with Gasteiger partial charge in [-0.25, -0.2) is 19.2 Å². The number of esters is 1. The molecule has 65 heavy (non-hydrogen) atoms. The number of ether oxygens (including phenoxy) is 6. The zero-order chi connectivity index (χ0) is 48.9. The Labute approximate surface area is 381 Å². The summed E-state index contributed by atoms with van der Waals surface area (Å²) < 4.78 is 33.2. The van der Waals surface area contributed by atoms with Crippen LogP contribution in [0.3, 0.4) is 0 Å². The van der Waals surface area contributed by atoms with Crippen LogP contribution in [-0.2, 0) is 44.5 Å². The zero-order valence-corrected chi connectivity index (χ0v) is 39.8. The third kappa shape index (κ3) is 17.8. The number of hydrogen-bond donors (Lipinski definition) is 5. The van der Waals surface area contributed by atoms with Crippen LogP contribution in [0.15, 0.2) is 36.4 Å². The maximum atomic E-state index is 14.4. The monoisotopic (exact) mass is 912 g/mol. The summed E-state index contributed by atoms with van der Waals surface area (Å²) in [4.78, 5) is 93.8. The molecule has 0 saturated carbocycles. The second-order valence-corrected chi connectivity index (χ2v) is 18.7. The van der Waals surface area contributed by atoms with Crippen LogP contribution >= 0.6 is 0 Å². The van der Waals surface area contributed by atoms with E-state index >= 15 is 0 Å². The number of nitrogens with two attached hydrogens (primary N) is 1. The van der Waals surface area contributed by atoms with Crippen LogP contribution in [0.4, 0.5) is 14.4 Å². The lowest BCUT2D eigenvalue weighted by Gasteiger charge is -2.31. The molecular formula is C46H68N6O13. The first-order valence-electron chi connectivity index (χ1n) is 21.6. The first-order chi connectivity index (χ1) is 30.2. The number of unbranched alkanes of at least 4 members (excludes halogenated alkanes) is 1. The molecule has 6 N–H and O–H groups in total. The Morgan fingerprint density at radius 1 is 0.769 bits per heavy atom. The van der Waals surface area contributed by atoms with Crippen molar-refractivity contribution in [2.24, 2.45) is 5.73 Å². The minimum Gasteiger partial charge on any atom is -0.493 e. The van der Waals surface area contributed by atoms with E-state index in [4.69, 9.17) is 34.2 Å². The zero-order valence-electron chi connectivity index (χ0n) is 39.8. The molecule has 0 spiro atoms. The van der Waals surface area contributed by atoms with Crippen LogP contribution < -0.4 is 36.5 Å². The van der Waals surface area contributed by atoms with E-state index in [-0.39, 0.29) is 55.2 Å². The van der Waals surface area contributed by atoms with E-state index in [1.807, 2.05) is 0 Å². The Bertz CT molecular complexity index is 2020. The number of nitrogens with zero attached hydrogens (tertiary/aromatic N) is 1. The predicted molar refractivity (Wildman–Crippen MR) is 240 cm³/mol. The number of nitrogens with one attached hydrogen (secondary N) is 4. The fourth-order valence-electron chi connectivity index (χ4n) is 6.46. The first-order valence-corrected chi connectivity index (χ1v) is 21.6. The third-order valence-corrected chi connectivity index (χ3v) is 9.39. The van der Waals surface area contributed by atoms with Gasteiger partial charge in [0.2, 0.25) is 17.7 Å². The molecule has 0 radical (unpaired) electrons. The molecule has 0 aliphatic carbocycles. The predicted octanol–water partition coefficient (Wildman–Crippen LogP) is 5.20. The van der Waals surface area contributed by atoms with Crippen LogP contribution in [0, 0.1) is 0 Å². The molecule has 2 aromatic rings. The highest BCUT2D eigenvalue weighted by Gasteiger charge is 2.35. The smallest absolute Gasteiger partial charge is 0.493 e. The molecule has 0 aromatic heterocycles. The van der Waals surface area contributed by atoms with E-state index in [1.165, 1.54) is 32.0 Å². The van der Waals surface area contributed by atoms with Crippen molar-refractivity contribution in [3.8, 4) is 22.6 Å². The fourth-order valence-corrected chi connectivity index (χ4v) is 6.46. The Balaban J connectivity index is 2.13. The van der Waals surface area contributed by atoms with Crippen molar-refractivity contribution < 1.29 is 62.0 Å². The van der Waals surface area contributed by atoms with E-state index in [9.17, 15) is 33.6 Å². The lowest BCUT2D eigenvalue weighted by atomic mass is 9.93. The number of amides is 5. The lowest BCUT2D eigenvalue weighted by molar-refractivity contribution is -0.145. The van der Waals surface area contributed by atoms with E-state index < -0.39 is 83.0 Å². The average molecular weight is 913 g/mol.